The zero-order valence-electron chi connectivity index (χ0n) is 8.20. The Morgan fingerprint density at radius 3 is 2.85 bits per heavy atom. The molecule has 0 aromatic rings. The lowest BCUT2D eigenvalue weighted by Crippen LogP contribution is -2.28. The van der Waals surface area contributed by atoms with Crippen LogP contribution in [0.15, 0.2) is 12.2 Å². The number of fused-ring (bicyclic) bond motifs is 1. The van der Waals surface area contributed by atoms with Crippen LogP contribution in [-0.4, -0.2) is 29.8 Å². The highest BCUT2D eigenvalue weighted by Gasteiger charge is 2.41. The van der Waals surface area contributed by atoms with E-state index < -0.39 is 0 Å². The highest BCUT2D eigenvalue weighted by Crippen LogP contribution is 2.40. The standard InChI is InChI=1S/C11H17NO/c1-2-11(13)4-3-5-12-8-9-6-10(12)7-9/h3-4,9-10H,2,5-8H2,1H3/b4-3+. The van der Waals surface area contributed by atoms with Gasteiger partial charge in [-0.1, -0.05) is 13.0 Å². The van der Waals surface area contributed by atoms with Crippen molar-refractivity contribution < 1.29 is 4.79 Å². The van der Waals surface area contributed by atoms with Gasteiger partial charge in [-0.05, 0) is 24.8 Å². The second-order valence-electron chi connectivity index (χ2n) is 4.17. The molecule has 1 aliphatic carbocycles. The zero-order chi connectivity index (χ0) is 9.26. The van der Waals surface area contributed by atoms with Gasteiger partial charge in [0.25, 0.3) is 0 Å². The number of hydrogen-bond acceptors (Lipinski definition) is 2. The van der Waals surface area contributed by atoms with Crippen molar-refractivity contribution in [3.63, 3.8) is 0 Å². The Hall–Kier alpha value is -0.630. The minimum atomic E-state index is 0.242. The summed E-state index contributed by atoms with van der Waals surface area (Å²) >= 11 is 0. The van der Waals surface area contributed by atoms with Gasteiger partial charge >= 0.3 is 0 Å². The van der Waals surface area contributed by atoms with E-state index in [-0.39, 0.29) is 5.78 Å². The Morgan fingerprint density at radius 2 is 2.31 bits per heavy atom. The molecule has 72 valence electrons. The summed E-state index contributed by atoms with van der Waals surface area (Å²) in [5, 5.41) is 0. The van der Waals surface area contributed by atoms with Crippen molar-refractivity contribution in [2.75, 3.05) is 13.1 Å². The van der Waals surface area contributed by atoms with Gasteiger partial charge in [0.05, 0.1) is 0 Å². The first-order valence-electron chi connectivity index (χ1n) is 5.23. The van der Waals surface area contributed by atoms with Gasteiger partial charge in [-0.3, -0.25) is 9.69 Å². The molecular weight excluding hydrogens is 162 g/mol. The van der Waals surface area contributed by atoms with Crippen molar-refractivity contribution in [3.05, 3.63) is 12.2 Å². The van der Waals surface area contributed by atoms with Crippen LogP contribution in [-0.2, 0) is 4.79 Å². The molecule has 0 spiro atoms. The summed E-state index contributed by atoms with van der Waals surface area (Å²) < 4.78 is 0. The first-order chi connectivity index (χ1) is 6.29. The predicted molar refractivity (Wildman–Crippen MR) is 52.5 cm³/mol. The lowest BCUT2D eigenvalue weighted by molar-refractivity contribution is -0.114. The maximum Gasteiger partial charge on any atom is 0.155 e. The van der Waals surface area contributed by atoms with Crippen molar-refractivity contribution in [1.82, 2.24) is 4.90 Å². The van der Waals surface area contributed by atoms with E-state index in [9.17, 15) is 4.79 Å². The number of carbonyl (C=O) groups excluding carboxylic acids is 1. The number of rotatable bonds is 4. The van der Waals surface area contributed by atoms with Gasteiger partial charge in [0.1, 0.15) is 0 Å². The summed E-state index contributed by atoms with van der Waals surface area (Å²) in [4.78, 5) is 13.5. The fourth-order valence-corrected chi connectivity index (χ4v) is 2.29. The fraction of sp³-hybridized carbons (Fsp3) is 0.727. The number of allylic oxidation sites excluding steroid dienone is 1. The Balaban J connectivity index is 1.73. The van der Waals surface area contributed by atoms with Crippen LogP contribution >= 0.6 is 0 Å². The molecule has 2 aliphatic heterocycles. The summed E-state index contributed by atoms with van der Waals surface area (Å²) in [5.41, 5.74) is 0. The van der Waals surface area contributed by atoms with Crippen LogP contribution in [0.4, 0.5) is 0 Å². The van der Waals surface area contributed by atoms with Gasteiger partial charge in [-0.15, -0.1) is 0 Å². The van der Waals surface area contributed by atoms with Crippen LogP contribution in [0, 0.1) is 5.92 Å². The lowest BCUT2D eigenvalue weighted by Gasteiger charge is -2.24. The Kier molecular flexibility index (Phi) is 2.49. The Morgan fingerprint density at radius 1 is 1.54 bits per heavy atom. The van der Waals surface area contributed by atoms with Crippen LogP contribution in [0.5, 0.6) is 0 Å². The quantitative estimate of drug-likeness (QED) is 0.611. The third-order valence-corrected chi connectivity index (χ3v) is 3.21. The fourth-order valence-electron chi connectivity index (χ4n) is 2.29. The molecule has 2 bridgehead atoms. The van der Waals surface area contributed by atoms with Crippen molar-refractivity contribution in [3.8, 4) is 0 Å². The molecule has 2 nitrogen and oxygen atoms in total. The molecule has 0 radical (unpaired) electrons. The number of hydrogen-bond donors (Lipinski definition) is 0. The van der Waals surface area contributed by atoms with Crippen LogP contribution in [0.3, 0.4) is 0 Å². The summed E-state index contributed by atoms with van der Waals surface area (Å²) in [6, 6.07) is 0.839. The molecule has 3 rings (SSSR count). The minimum absolute atomic E-state index is 0.242. The number of nitrogens with zero attached hydrogens (tertiary/aromatic N) is 1. The molecule has 0 aromatic heterocycles. The monoisotopic (exact) mass is 179 g/mol. The molecule has 0 N–H and O–H groups in total. The smallest absolute Gasteiger partial charge is 0.155 e. The number of carbonyl (C=O) groups is 1. The largest absolute Gasteiger partial charge is 0.296 e. The Bertz CT molecular complexity index is 228. The second-order valence-corrected chi connectivity index (χ2v) is 4.17. The third-order valence-electron chi connectivity index (χ3n) is 3.21. The lowest BCUT2D eigenvalue weighted by atomic mass is 9.86. The molecule has 13 heavy (non-hydrogen) atoms. The van der Waals surface area contributed by atoms with Crippen LogP contribution in [0.2, 0.25) is 0 Å². The van der Waals surface area contributed by atoms with Crippen molar-refractivity contribution in [1.29, 1.82) is 0 Å². The SMILES string of the molecule is CCC(=O)/C=C/CN1CC2CC1C2. The van der Waals surface area contributed by atoms with Crippen LogP contribution in [0.25, 0.3) is 0 Å². The van der Waals surface area contributed by atoms with E-state index in [0.717, 1.165) is 18.5 Å². The van der Waals surface area contributed by atoms with Crippen molar-refractivity contribution in [2.24, 2.45) is 5.92 Å². The molecule has 2 heterocycles. The molecule has 2 heteroatoms. The van der Waals surface area contributed by atoms with Gasteiger partial charge in [0, 0.05) is 25.6 Å². The van der Waals surface area contributed by atoms with Crippen molar-refractivity contribution >= 4 is 5.78 Å². The second kappa shape index (κ2) is 3.62. The highest BCUT2D eigenvalue weighted by molar-refractivity contribution is 5.89. The molecule has 0 atom stereocenters. The van der Waals surface area contributed by atoms with Crippen molar-refractivity contribution in [2.45, 2.75) is 32.2 Å². The molecule has 0 aromatic carbocycles. The molecule has 0 unspecified atom stereocenters. The first-order valence-corrected chi connectivity index (χ1v) is 5.23. The average Bonchev–Trinajstić information content (AvgIpc) is 2.61. The van der Waals surface area contributed by atoms with Gasteiger partial charge in [-0.2, -0.15) is 0 Å². The molecule has 0 amide bonds. The predicted octanol–water partition coefficient (Wildman–Crippen LogP) is 1.62. The Labute approximate surface area is 79.6 Å². The first kappa shape index (κ1) is 8.95. The summed E-state index contributed by atoms with van der Waals surface area (Å²) in [5.74, 6) is 1.21. The van der Waals surface area contributed by atoms with Gasteiger partial charge in [0.15, 0.2) is 5.78 Å². The van der Waals surface area contributed by atoms with Gasteiger partial charge in [0.2, 0.25) is 0 Å². The molecule has 3 fully saturated rings. The summed E-state index contributed by atoms with van der Waals surface area (Å²) in [7, 11) is 0. The third kappa shape index (κ3) is 1.83. The molecule has 3 aliphatic rings. The van der Waals surface area contributed by atoms with Gasteiger partial charge < -0.3 is 0 Å². The van der Waals surface area contributed by atoms with E-state index in [1.165, 1.54) is 19.4 Å². The normalized spacial score (nSPS) is 32.4. The molecule has 1 saturated carbocycles. The van der Waals surface area contributed by atoms with E-state index in [0.29, 0.717) is 6.42 Å². The van der Waals surface area contributed by atoms with E-state index in [4.69, 9.17) is 0 Å². The summed E-state index contributed by atoms with van der Waals surface area (Å²) in [6.07, 6.45) is 7.18. The van der Waals surface area contributed by atoms with E-state index in [1.807, 2.05) is 13.0 Å². The van der Waals surface area contributed by atoms with E-state index in [1.54, 1.807) is 6.08 Å². The van der Waals surface area contributed by atoms with E-state index in [2.05, 4.69) is 4.90 Å². The molecule has 2 saturated heterocycles. The van der Waals surface area contributed by atoms with Crippen LogP contribution in [0.1, 0.15) is 26.2 Å². The highest BCUT2D eigenvalue weighted by atomic mass is 16.1. The molecular formula is C11H17NO. The summed E-state index contributed by atoms with van der Waals surface area (Å²) in [6.45, 7) is 4.14. The topological polar surface area (TPSA) is 20.3 Å². The number of ketones is 1. The van der Waals surface area contributed by atoms with Crippen LogP contribution < -0.4 is 0 Å². The van der Waals surface area contributed by atoms with Gasteiger partial charge in [-0.25, -0.2) is 0 Å². The minimum Gasteiger partial charge on any atom is -0.296 e. The van der Waals surface area contributed by atoms with E-state index >= 15 is 0 Å². The zero-order valence-corrected chi connectivity index (χ0v) is 8.20. The maximum atomic E-state index is 11.0. The average molecular weight is 179 g/mol. The maximum absolute atomic E-state index is 11.0.